The van der Waals surface area contributed by atoms with E-state index < -0.39 is 29.4 Å². The van der Waals surface area contributed by atoms with Gasteiger partial charge in [0, 0.05) is 5.39 Å². The highest BCUT2D eigenvalue weighted by molar-refractivity contribution is 7.17. The second kappa shape index (κ2) is 8.96. The monoisotopic (exact) mass is 534 g/mol. The van der Waals surface area contributed by atoms with E-state index in [9.17, 15) is 23.1 Å². The number of nitrogens with one attached hydrogen (secondary N) is 1. The summed E-state index contributed by atoms with van der Waals surface area (Å²) in [6, 6.07) is 2.92. The molecule has 184 valence electrons. The smallest absolute Gasteiger partial charge is 0.387 e. The molecule has 36 heavy (non-hydrogen) atoms. The van der Waals surface area contributed by atoms with E-state index in [1.807, 2.05) is 0 Å². The Labute approximate surface area is 209 Å². The van der Waals surface area contributed by atoms with E-state index in [0.29, 0.717) is 20.5 Å². The van der Waals surface area contributed by atoms with Gasteiger partial charge in [0.15, 0.2) is 11.5 Å². The summed E-state index contributed by atoms with van der Waals surface area (Å²) in [5.74, 6) is -0.886. The minimum absolute atomic E-state index is 0.0165. The van der Waals surface area contributed by atoms with Gasteiger partial charge in [-0.05, 0) is 24.4 Å². The van der Waals surface area contributed by atoms with Crippen LogP contribution in [0.4, 0.5) is 18.9 Å². The van der Waals surface area contributed by atoms with Crippen molar-refractivity contribution in [3.8, 4) is 11.5 Å². The number of fused-ring (bicyclic) bond motifs is 1. The first-order valence-electron chi connectivity index (χ1n) is 10.2. The number of carbonyl (C=O) groups excluding carboxylic acids is 1. The third-order valence-electron chi connectivity index (χ3n) is 5.09. The summed E-state index contributed by atoms with van der Waals surface area (Å²) >= 11 is 7.41. The van der Waals surface area contributed by atoms with E-state index in [0.717, 1.165) is 11.0 Å². The Morgan fingerprint density at radius 1 is 1.17 bits per heavy atom. The molecule has 5 heterocycles. The fraction of sp³-hybridized carbons (Fsp3) is 0.143. The van der Waals surface area contributed by atoms with Gasteiger partial charge < -0.3 is 10.4 Å². The summed E-state index contributed by atoms with van der Waals surface area (Å²) in [7, 11) is 0. The summed E-state index contributed by atoms with van der Waals surface area (Å²) in [6.45, 7) is 1.51. The third-order valence-corrected chi connectivity index (χ3v) is 6.31. The maximum Gasteiger partial charge on any atom is 0.434 e. The van der Waals surface area contributed by atoms with Gasteiger partial charge in [-0.1, -0.05) is 11.6 Å². The lowest BCUT2D eigenvalue weighted by molar-refractivity contribution is -0.143. The van der Waals surface area contributed by atoms with Crippen LogP contribution in [-0.4, -0.2) is 45.8 Å². The summed E-state index contributed by atoms with van der Waals surface area (Å²) in [4.78, 5) is 22.2. The molecule has 0 aliphatic carbocycles. The molecule has 1 unspecified atom stereocenters. The quantitative estimate of drug-likeness (QED) is 0.342. The van der Waals surface area contributed by atoms with E-state index in [1.165, 1.54) is 49.1 Å². The molecule has 0 aromatic carbocycles. The fourth-order valence-electron chi connectivity index (χ4n) is 3.57. The molecule has 5 rings (SSSR count). The average Bonchev–Trinajstić information content (AvgIpc) is 3.58. The van der Waals surface area contributed by atoms with E-state index in [-0.39, 0.29) is 22.2 Å². The molecule has 10 nitrogen and oxygen atoms in total. The largest absolute Gasteiger partial charge is 0.434 e. The second-order valence-corrected chi connectivity index (χ2v) is 8.81. The van der Waals surface area contributed by atoms with Crippen LogP contribution in [0, 0.1) is 0 Å². The Morgan fingerprint density at radius 2 is 1.92 bits per heavy atom. The van der Waals surface area contributed by atoms with Crippen molar-refractivity contribution in [1.29, 1.82) is 0 Å². The molecule has 0 bridgehead atoms. The van der Waals surface area contributed by atoms with Crippen LogP contribution < -0.4 is 5.32 Å². The lowest BCUT2D eigenvalue weighted by Gasteiger charge is -2.15. The lowest BCUT2D eigenvalue weighted by atomic mass is 10.1. The number of rotatable bonds is 5. The molecule has 5 aromatic heterocycles. The molecule has 0 aliphatic heterocycles. The van der Waals surface area contributed by atoms with Gasteiger partial charge in [0.25, 0.3) is 5.91 Å². The standard InChI is InChI=1S/C21H14ClF3N8O2S/c1-10(34)16-17-12(2-5-36-17)15(9-26-16)32-18(21(23,24)25)13(8-30-32)20(35)31-11-6-14(22)19(27-7-11)33-28-3-4-29-33/h2-10,34H,1H3,(H,31,35). The van der Waals surface area contributed by atoms with Crippen molar-refractivity contribution >= 4 is 44.6 Å². The van der Waals surface area contributed by atoms with Gasteiger partial charge in [0.2, 0.25) is 0 Å². The first kappa shape index (κ1) is 23.8. The molecule has 0 saturated heterocycles. The van der Waals surface area contributed by atoms with Gasteiger partial charge in [0.1, 0.15) is 0 Å². The Kier molecular flexibility index (Phi) is 5.94. The van der Waals surface area contributed by atoms with E-state index in [1.54, 1.807) is 11.4 Å². The molecule has 2 N–H and O–H groups in total. The number of alkyl halides is 3. The number of carbonyl (C=O) groups is 1. The molecule has 0 fully saturated rings. The second-order valence-electron chi connectivity index (χ2n) is 7.49. The number of pyridine rings is 2. The van der Waals surface area contributed by atoms with Crippen molar-refractivity contribution < 1.29 is 23.1 Å². The number of hydrogen-bond donors (Lipinski definition) is 2. The maximum absolute atomic E-state index is 14.2. The lowest BCUT2D eigenvalue weighted by Crippen LogP contribution is -2.21. The predicted octanol–water partition coefficient (Wildman–Crippen LogP) is 4.44. The Balaban J connectivity index is 1.53. The van der Waals surface area contributed by atoms with Crippen LogP contribution in [0.3, 0.4) is 0 Å². The normalized spacial score (nSPS) is 12.7. The molecule has 5 aromatic rings. The number of halogens is 4. The topological polar surface area (TPSA) is 124 Å². The zero-order chi connectivity index (χ0) is 25.6. The number of nitrogens with zero attached hydrogens (tertiary/aromatic N) is 7. The maximum atomic E-state index is 14.2. The summed E-state index contributed by atoms with van der Waals surface area (Å²) < 4.78 is 43.7. The predicted molar refractivity (Wildman–Crippen MR) is 124 cm³/mol. The van der Waals surface area contributed by atoms with Crippen LogP contribution in [0.2, 0.25) is 5.02 Å². The van der Waals surface area contributed by atoms with Gasteiger partial charge in [-0.3, -0.25) is 9.78 Å². The molecule has 0 saturated carbocycles. The highest BCUT2D eigenvalue weighted by Gasteiger charge is 2.41. The van der Waals surface area contributed by atoms with Crippen molar-refractivity contribution in [3.63, 3.8) is 0 Å². The summed E-state index contributed by atoms with van der Waals surface area (Å²) in [5, 5.41) is 26.1. The van der Waals surface area contributed by atoms with E-state index in [4.69, 9.17) is 11.6 Å². The van der Waals surface area contributed by atoms with Crippen LogP contribution in [0.15, 0.2) is 48.5 Å². The molecule has 0 radical (unpaired) electrons. The van der Waals surface area contributed by atoms with Gasteiger partial charge in [0.05, 0.1) is 69.4 Å². The zero-order valence-corrected chi connectivity index (χ0v) is 19.7. The van der Waals surface area contributed by atoms with E-state index >= 15 is 0 Å². The van der Waals surface area contributed by atoms with Crippen molar-refractivity contribution in [2.75, 3.05) is 5.32 Å². The SMILES string of the molecule is CC(O)c1ncc(-n2ncc(C(=O)Nc3cnc(-n4nccn4)c(Cl)c3)c2C(F)(F)F)c2ccsc12. The number of aliphatic hydroxyl groups is 1. The Bertz CT molecular complexity index is 1580. The van der Waals surface area contributed by atoms with Gasteiger partial charge in [-0.25, -0.2) is 9.67 Å². The third kappa shape index (κ3) is 4.19. The molecule has 1 atom stereocenters. The number of hydrogen-bond acceptors (Lipinski definition) is 8. The van der Waals surface area contributed by atoms with Crippen molar-refractivity contribution in [3.05, 3.63) is 70.5 Å². The highest BCUT2D eigenvalue weighted by Crippen LogP contribution is 2.37. The van der Waals surface area contributed by atoms with Crippen LogP contribution in [0.5, 0.6) is 0 Å². The summed E-state index contributed by atoms with van der Waals surface area (Å²) in [6.07, 6.45) is 0.219. The molecule has 0 spiro atoms. The molecular formula is C21H14ClF3N8O2S. The molecular weight excluding hydrogens is 521 g/mol. The fourth-order valence-corrected chi connectivity index (χ4v) is 4.80. The first-order chi connectivity index (χ1) is 17.1. The van der Waals surface area contributed by atoms with Crippen LogP contribution in [0.25, 0.3) is 21.6 Å². The zero-order valence-electron chi connectivity index (χ0n) is 18.1. The van der Waals surface area contributed by atoms with Gasteiger partial charge in [-0.15, -0.1) is 16.1 Å². The van der Waals surface area contributed by atoms with E-state index in [2.05, 4.69) is 30.6 Å². The number of thiophene rings is 1. The number of aliphatic hydroxyl groups excluding tert-OH is 1. The molecule has 15 heteroatoms. The van der Waals surface area contributed by atoms with Crippen molar-refractivity contribution in [1.82, 2.24) is 34.7 Å². The van der Waals surface area contributed by atoms with Crippen LogP contribution >= 0.6 is 22.9 Å². The number of anilines is 1. The van der Waals surface area contributed by atoms with Gasteiger partial charge >= 0.3 is 6.18 Å². The van der Waals surface area contributed by atoms with Crippen LogP contribution in [-0.2, 0) is 6.18 Å². The summed E-state index contributed by atoms with van der Waals surface area (Å²) in [5.41, 5.74) is -1.58. The first-order valence-corrected chi connectivity index (χ1v) is 11.4. The van der Waals surface area contributed by atoms with Crippen molar-refractivity contribution in [2.24, 2.45) is 0 Å². The van der Waals surface area contributed by atoms with Crippen molar-refractivity contribution in [2.45, 2.75) is 19.2 Å². The van der Waals surface area contributed by atoms with Crippen LogP contribution in [0.1, 0.15) is 34.8 Å². The minimum atomic E-state index is -4.93. The molecule has 1 amide bonds. The van der Waals surface area contributed by atoms with Gasteiger partial charge in [-0.2, -0.15) is 28.5 Å². The Hall–Kier alpha value is -3.88. The average molecular weight is 535 g/mol. The number of aromatic nitrogens is 7. The highest BCUT2D eigenvalue weighted by atomic mass is 35.5. The molecule has 0 aliphatic rings. The minimum Gasteiger partial charge on any atom is -0.387 e. The Morgan fingerprint density at radius 3 is 2.58 bits per heavy atom. The number of amides is 1.